The smallest absolute Gasteiger partial charge is 0.387 e. The molecule has 10 atom stereocenters. The van der Waals surface area contributed by atoms with Gasteiger partial charge in [-0.05, 0) is 0 Å². The predicted molar refractivity (Wildman–Crippen MR) is 169 cm³/mol. The Morgan fingerprint density at radius 2 is 1.02 bits per heavy atom. The highest BCUT2D eigenvalue weighted by Gasteiger charge is 2.47. The molecule has 0 amide bonds. The summed E-state index contributed by atoms with van der Waals surface area (Å²) >= 11 is 0. The van der Waals surface area contributed by atoms with Gasteiger partial charge in [0.25, 0.3) is 0 Å². The van der Waals surface area contributed by atoms with E-state index in [9.17, 15) is 43.6 Å². The molecule has 2 fully saturated rings. The third-order valence-electron chi connectivity index (χ3n) is 7.22. The van der Waals surface area contributed by atoms with E-state index in [1.165, 1.54) is 28.1 Å². The zero-order valence-electron chi connectivity index (χ0n) is 26.4. The fraction of sp³-hybridized carbons (Fsp3) is 0.500. The lowest BCUT2D eigenvalue weighted by Gasteiger charge is -2.19. The van der Waals surface area contributed by atoms with Gasteiger partial charge in [0.2, 0.25) is 0 Å². The lowest BCUT2D eigenvalue weighted by Crippen LogP contribution is -2.33. The summed E-state index contributed by atoms with van der Waals surface area (Å²) in [7, 11) is -21.4. The minimum Gasteiger partial charge on any atom is -0.387 e. The number of rotatable bonds is 12. The zero-order chi connectivity index (χ0) is 40.0. The Labute approximate surface area is 298 Å². The van der Waals surface area contributed by atoms with Gasteiger partial charge in [0.15, 0.2) is 35.4 Å². The summed E-state index contributed by atoms with van der Waals surface area (Å²) in [6.45, 7) is -1.55. The standard InChI is InChI=1S/C10H16N5O13P3.C10H14N5O7P/c11-8-5-9(13-2-12-8)15(3-14-5)10-7(17)6(16)4(26-10)1-25-30(21,22)28-31(23,24)27-29(18,19)20;11-8-5-9(13-2-12-8)15(3-14-5)10-7(17)6(16)4(22-10)1-21-23(18,19)20/h2-4,6-7,10,16-17H,1H2,(H,21,22)(H,23,24)(H2,11,12,13)(H2,18,19,20);2-4,6-7,10,16-17H,1H2,(H2,11,12,13)(H2,18,19,20)/t2*4-,6-,7-,10-/m11/s1. The number of imidazole rings is 2. The van der Waals surface area contributed by atoms with Crippen LogP contribution in [0.1, 0.15) is 12.5 Å². The van der Waals surface area contributed by atoms with Crippen molar-refractivity contribution in [2.45, 2.75) is 49.1 Å². The molecule has 4 aromatic rings. The van der Waals surface area contributed by atoms with Crippen molar-refractivity contribution < 1.29 is 95.2 Å². The molecular weight excluding hydrogens is 824 g/mol. The molecule has 2 aliphatic heterocycles. The number of aromatic nitrogens is 8. The summed E-state index contributed by atoms with van der Waals surface area (Å²) < 4.78 is 73.7. The Bertz CT molecular complexity index is 2160. The van der Waals surface area contributed by atoms with Crippen molar-refractivity contribution in [3.05, 3.63) is 25.3 Å². The number of fused-ring (bicyclic) bond motifs is 2. The highest BCUT2D eigenvalue weighted by molar-refractivity contribution is 7.66. The van der Waals surface area contributed by atoms with Crippen LogP contribution in [0.5, 0.6) is 0 Å². The van der Waals surface area contributed by atoms with E-state index < -0.39 is 93.6 Å². The fourth-order valence-corrected chi connectivity index (χ4v) is 8.32. The lowest BCUT2D eigenvalue weighted by atomic mass is 10.1. The first-order chi connectivity index (χ1) is 25.0. The predicted octanol–water partition coefficient (Wildman–Crippen LogP) is -3.49. The van der Waals surface area contributed by atoms with Gasteiger partial charge in [-0.1, -0.05) is 0 Å². The van der Waals surface area contributed by atoms with Crippen LogP contribution in [0.25, 0.3) is 22.3 Å². The molecule has 0 spiro atoms. The molecule has 14 N–H and O–H groups in total. The van der Waals surface area contributed by atoms with Crippen molar-refractivity contribution in [1.29, 1.82) is 0 Å². The summed E-state index contributed by atoms with van der Waals surface area (Å²) in [5.41, 5.74) is 12.3. The number of aliphatic hydroxyl groups excluding tert-OH is 4. The highest BCUT2D eigenvalue weighted by atomic mass is 31.3. The van der Waals surface area contributed by atoms with Gasteiger partial charge >= 0.3 is 31.3 Å². The topological polar surface area (TPSA) is 465 Å². The van der Waals surface area contributed by atoms with Crippen LogP contribution >= 0.6 is 31.3 Å². The van der Waals surface area contributed by atoms with E-state index in [-0.39, 0.29) is 28.4 Å². The molecule has 2 aliphatic rings. The first-order valence-corrected chi connectivity index (χ1v) is 20.4. The molecule has 6 rings (SSSR count). The SMILES string of the molecule is Nc1ncnc2c1ncn2[C@@H]1O[C@H](COP(=O)(O)O)[C@@H](O)[C@H]1O.Nc1ncnc2c1ncn2[C@@H]1O[C@H](COP(=O)(O)OP(=O)(O)OP(=O)(O)O)[C@@H](O)[C@H]1O. The van der Waals surface area contributed by atoms with E-state index in [1.54, 1.807) is 0 Å². The molecule has 54 heavy (non-hydrogen) atoms. The molecule has 300 valence electrons. The van der Waals surface area contributed by atoms with Crippen LogP contribution in [0, 0.1) is 0 Å². The second kappa shape index (κ2) is 15.8. The van der Waals surface area contributed by atoms with E-state index in [2.05, 4.69) is 47.6 Å². The quantitative estimate of drug-likeness (QED) is 0.0615. The molecule has 0 bridgehead atoms. The largest absolute Gasteiger partial charge is 0.490 e. The maximum Gasteiger partial charge on any atom is 0.490 e. The van der Waals surface area contributed by atoms with E-state index in [4.69, 9.17) is 45.4 Å². The number of phosphoric ester groups is 2. The second-order valence-electron chi connectivity index (χ2n) is 10.9. The van der Waals surface area contributed by atoms with Crippen LogP contribution < -0.4 is 11.5 Å². The minimum absolute atomic E-state index is 0.0426. The van der Waals surface area contributed by atoms with Gasteiger partial charge in [0.05, 0.1) is 25.9 Å². The number of nitrogens with two attached hydrogens (primary N) is 2. The van der Waals surface area contributed by atoms with Crippen molar-refractivity contribution in [2.75, 3.05) is 24.7 Å². The normalized spacial score (nSPS) is 28.5. The van der Waals surface area contributed by atoms with Crippen molar-refractivity contribution in [2.24, 2.45) is 0 Å². The molecule has 0 saturated carbocycles. The average molecular weight is 854 g/mol. The van der Waals surface area contributed by atoms with Gasteiger partial charge in [0.1, 0.15) is 60.3 Å². The first kappa shape index (κ1) is 42.1. The first-order valence-electron chi connectivity index (χ1n) is 14.3. The summed E-state index contributed by atoms with van der Waals surface area (Å²) in [5, 5.41) is 40.5. The van der Waals surface area contributed by atoms with E-state index >= 15 is 0 Å². The minimum atomic E-state index is -5.70. The maximum atomic E-state index is 11.8. The molecule has 2 unspecified atom stereocenters. The number of aliphatic hydroxyl groups is 4. The Kier molecular flexibility index (Phi) is 12.4. The Hall–Kier alpha value is -3.02. The molecular formula is C20H30N10O20P4. The highest BCUT2D eigenvalue weighted by Crippen LogP contribution is 2.66. The second-order valence-corrected chi connectivity index (χ2v) is 16.6. The monoisotopic (exact) mass is 854 g/mol. The van der Waals surface area contributed by atoms with Gasteiger partial charge in [-0.15, -0.1) is 0 Å². The van der Waals surface area contributed by atoms with Crippen molar-refractivity contribution in [3.8, 4) is 0 Å². The molecule has 34 heteroatoms. The molecule has 30 nitrogen and oxygen atoms in total. The number of ether oxygens (including phenoxy) is 2. The average Bonchev–Trinajstić information content (AvgIpc) is 3.80. The molecule has 6 heterocycles. The Morgan fingerprint density at radius 3 is 1.43 bits per heavy atom. The molecule has 2 saturated heterocycles. The third-order valence-corrected chi connectivity index (χ3v) is 11.5. The fourth-order valence-electron chi connectivity index (χ4n) is 4.95. The summed E-state index contributed by atoms with van der Waals surface area (Å²) in [5.74, 6) is 0.184. The van der Waals surface area contributed by atoms with Gasteiger partial charge in [-0.2, -0.15) is 8.62 Å². The van der Waals surface area contributed by atoms with Crippen molar-refractivity contribution in [3.63, 3.8) is 0 Å². The number of phosphoric acid groups is 4. The number of hydrogen-bond acceptors (Lipinski definition) is 22. The van der Waals surface area contributed by atoms with E-state index in [0.717, 1.165) is 6.33 Å². The van der Waals surface area contributed by atoms with Crippen LogP contribution in [0.3, 0.4) is 0 Å². The number of hydrogen-bond donors (Lipinski definition) is 12. The van der Waals surface area contributed by atoms with Crippen LogP contribution in [-0.2, 0) is 45.4 Å². The van der Waals surface area contributed by atoms with Gasteiger partial charge < -0.3 is 70.7 Å². The van der Waals surface area contributed by atoms with Crippen LogP contribution in [0.15, 0.2) is 25.3 Å². The third kappa shape index (κ3) is 9.85. The Balaban J connectivity index is 0.000000217. The number of nitrogens with zero attached hydrogens (tertiary/aromatic N) is 8. The lowest BCUT2D eigenvalue weighted by molar-refractivity contribution is -0.0504. The number of nitrogen functional groups attached to an aromatic ring is 2. The summed E-state index contributed by atoms with van der Waals surface area (Å²) in [6, 6.07) is 0. The van der Waals surface area contributed by atoms with Crippen LogP contribution in [-0.4, -0.2) is 139 Å². The van der Waals surface area contributed by atoms with E-state index in [0.29, 0.717) is 5.52 Å². The summed E-state index contributed by atoms with van der Waals surface area (Å²) in [6.07, 6.45) is -6.18. The zero-order valence-corrected chi connectivity index (χ0v) is 30.0. The van der Waals surface area contributed by atoms with Gasteiger partial charge in [0, 0.05) is 0 Å². The van der Waals surface area contributed by atoms with Gasteiger partial charge in [-0.3, -0.25) is 18.2 Å². The summed E-state index contributed by atoms with van der Waals surface area (Å²) in [4.78, 5) is 76.4. The van der Waals surface area contributed by atoms with Gasteiger partial charge in [-0.25, -0.2) is 48.2 Å². The maximum absolute atomic E-state index is 11.8. The van der Waals surface area contributed by atoms with Crippen molar-refractivity contribution >= 4 is 65.3 Å². The Morgan fingerprint density at radius 1 is 0.593 bits per heavy atom. The molecule has 0 aromatic carbocycles. The van der Waals surface area contributed by atoms with Crippen LogP contribution in [0.2, 0.25) is 0 Å². The molecule has 0 radical (unpaired) electrons. The van der Waals surface area contributed by atoms with Crippen molar-refractivity contribution in [1.82, 2.24) is 39.0 Å². The molecule has 0 aliphatic carbocycles. The van der Waals surface area contributed by atoms with E-state index in [1.807, 2.05) is 0 Å². The molecule has 4 aromatic heterocycles. The number of anilines is 2. The van der Waals surface area contributed by atoms with Crippen LogP contribution in [0.4, 0.5) is 11.6 Å².